The van der Waals surface area contributed by atoms with E-state index in [1.54, 1.807) is 0 Å². The van der Waals surface area contributed by atoms with Crippen LogP contribution < -0.4 is 11.1 Å². The summed E-state index contributed by atoms with van der Waals surface area (Å²) in [7, 11) is 0. The molecule has 1 amide bonds. The number of rotatable bonds is 6. The van der Waals surface area contributed by atoms with E-state index in [-0.39, 0.29) is 17.5 Å². The number of nitrogen functional groups attached to an aromatic ring is 1. The van der Waals surface area contributed by atoms with E-state index in [9.17, 15) is 9.18 Å². The van der Waals surface area contributed by atoms with Crippen molar-refractivity contribution in [2.45, 2.75) is 45.6 Å². The average Bonchev–Trinajstić information content (AvgIpc) is 2.34. The molecule has 100 valence electrons. The van der Waals surface area contributed by atoms with Gasteiger partial charge in [-0.1, -0.05) is 26.7 Å². The van der Waals surface area contributed by atoms with E-state index in [2.05, 4.69) is 12.2 Å². The molecule has 3 nitrogen and oxygen atoms in total. The van der Waals surface area contributed by atoms with Gasteiger partial charge >= 0.3 is 0 Å². The third-order valence-electron chi connectivity index (χ3n) is 2.97. The van der Waals surface area contributed by atoms with E-state index in [1.165, 1.54) is 18.2 Å². The summed E-state index contributed by atoms with van der Waals surface area (Å²) in [6, 6.07) is 4.23. The SMILES string of the molecule is CCCCC(CC)NC(=O)c1ccc(N)cc1F. The molecule has 0 fully saturated rings. The smallest absolute Gasteiger partial charge is 0.254 e. The van der Waals surface area contributed by atoms with Crippen molar-refractivity contribution in [3.63, 3.8) is 0 Å². The highest BCUT2D eigenvalue weighted by Gasteiger charge is 2.15. The van der Waals surface area contributed by atoms with E-state index < -0.39 is 5.82 Å². The monoisotopic (exact) mass is 252 g/mol. The van der Waals surface area contributed by atoms with Gasteiger partial charge in [-0.2, -0.15) is 0 Å². The molecular weight excluding hydrogens is 231 g/mol. The molecule has 0 aliphatic rings. The molecular formula is C14H21FN2O. The molecule has 0 heterocycles. The second-order valence-electron chi connectivity index (χ2n) is 4.46. The van der Waals surface area contributed by atoms with Crippen molar-refractivity contribution < 1.29 is 9.18 Å². The number of hydrogen-bond donors (Lipinski definition) is 2. The van der Waals surface area contributed by atoms with Gasteiger partial charge in [-0.05, 0) is 31.0 Å². The minimum atomic E-state index is -0.571. The molecule has 0 aliphatic carbocycles. The summed E-state index contributed by atoms with van der Waals surface area (Å²) in [4.78, 5) is 11.9. The van der Waals surface area contributed by atoms with Crippen molar-refractivity contribution in [1.29, 1.82) is 0 Å². The van der Waals surface area contributed by atoms with Crippen molar-refractivity contribution in [3.05, 3.63) is 29.6 Å². The normalized spacial score (nSPS) is 12.2. The minimum absolute atomic E-state index is 0.0548. The molecule has 0 saturated carbocycles. The Morgan fingerprint density at radius 2 is 2.17 bits per heavy atom. The predicted molar refractivity (Wildman–Crippen MR) is 71.9 cm³/mol. The Balaban J connectivity index is 2.68. The highest BCUT2D eigenvalue weighted by molar-refractivity contribution is 5.95. The average molecular weight is 252 g/mol. The largest absolute Gasteiger partial charge is 0.399 e. The fraction of sp³-hybridized carbons (Fsp3) is 0.500. The van der Waals surface area contributed by atoms with Gasteiger partial charge in [-0.3, -0.25) is 4.79 Å². The Bertz CT molecular complexity index is 407. The van der Waals surface area contributed by atoms with Gasteiger partial charge in [0.05, 0.1) is 5.56 Å². The molecule has 0 aliphatic heterocycles. The summed E-state index contributed by atoms with van der Waals surface area (Å²) in [5.41, 5.74) is 5.83. The number of carbonyl (C=O) groups is 1. The van der Waals surface area contributed by atoms with Gasteiger partial charge in [0.1, 0.15) is 5.82 Å². The molecule has 0 spiro atoms. The van der Waals surface area contributed by atoms with Gasteiger partial charge in [0.15, 0.2) is 0 Å². The number of amides is 1. The number of nitrogens with two attached hydrogens (primary N) is 1. The van der Waals surface area contributed by atoms with Crippen LogP contribution >= 0.6 is 0 Å². The van der Waals surface area contributed by atoms with E-state index in [1.807, 2.05) is 6.92 Å². The number of benzene rings is 1. The van der Waals surface area contributed by atoms with Crippen LogP contribution in [-0.2, 0) is 0 Å². The van der Waals surface area contributed by atoms with Crippen LogP contribution in [0.15, 0.2) is 18.2 Å². The molecule has 1 aromatic rings. The molecule has 0 aromatic heterocycles. The molecule has 0 bridgehead atoms. The Labute approximate surface area is 108 Å². The fourth-order valence-corrected chi connectivity index (χ4v) is 1.81. The molecule has 1 rings (SSSR count). The van der Waals surface area contributed by atoms with Gasteiger partial charge in [-0.25, -0.2) is 4.39 Å². The lowest BCUT2D eigenvalue weighted by Gasteiger charge is -2.16. The van der Waals surface area contributed by atoms with Gasteiger partial charge in [0, 0.05) is 11.7 Å². The van der Waals surface area contributed by atoms with Crippen LogP contribution in [0.2, 0.25) is 0 Å². The molecule has 1 aromatic carbocycles. The van der Waals surface area contributed by atoms with Gasteiger partial charge in [0.25, 0.3) is 5.91 Å². The number of halogens is 1. The Morgan fingerprint density at radius 1 is 1.44 bits per heavy atom. The van der Waals surface area contributed by atoms with Crippen LogP contribution in [0.5, 0.6) is 0 Å². The molecule has 0 saturated heterocycles. The number of unbranched alkanes of at least 4 members (excludes halogenated alkanes) is 1. The summed E-state index contributed by atoms with van der Waals surface area (Å²) >= 11 is 0. The second kappa shape index (κ2) is 6.99. The molecule has 4 heteroatoms. The quantitative estimate of drug-likeness (QED) is 0.764. The van der Waals surface area contributed by atoms with E-state index in [0.717, 1.165) is 25.7 Å². The lowest BCUT2D eigenvalue weighted by Crippen LogP contribution is -2.34. The summed E-state index contributed by atoms with van der Waals surface area (Å²) in [5, 5.41) is 2.86. The molecule has 3 N–H and O–H groups in total. The standard InChI is InChI=1S/C14H21FN2O/c1-3-5-6-11(4-2)17-14(18)12-8-7-10(16)9-13(12)15/h7-9,11H,3-6,16H2,1-2H3,(H,17,18). The predicted octanol–water partition coefficient (Wildman–Crippen LogP) is 3.11. The lowest BCUT2D eigenvalue weighted by molar-refractivity contribution is 0.0929. The highest BCUT2D eigenvalue weighted by Crippen LogP contribution is 2.13. The van der Waals surface area contributed by atoms with Crippen molar-refractivity contribution in [2.75, 3.05) is 5.73 Å². The minimum Gasteiger partial charge on any atom is -0.399 e. The first-order valence-electron chi connectivity index (χ1n) is 6.44. The van der Waals surface area contributed by atoms with Crippen LogP contribution in [0.4, 0.5) is 10.1 Å². The molecule has 1 atom stereocenters. The maximum absolute atomic E-state index is 13.6. The zero-order valence-electron chi connectivity index (χ0n) is 11.0. The van der Waals surface area contributed by atoms with E-state index in [4.69, 9.17) is 5.73 Å². The Morgan fingerprint density at radius 3 is 2.72 bits per heavy atom. The van der Waals surface area contributed by atoms with E-state index >= 15 is 0 Å². The van der Waals surface area contributed by atoms with Gasteiger partial charge in [0.2, 0.25) is 0 Å². The number of anilines is 1. The Hall–Kier alpha value is -1.58. The van der Waals surface area contributed by atoms with Crippen LogP contribution in [0.25, 0.3) is 0 Å². The van der Waals surface area contributed by atoms with Crippen LogP contribution in [-0.4, -0.2) is 11.9 Å². The van der Waals surface area contributed by atoms with Gasteiger partial charge in [-0.15, -0.1) is 0 Å². The summed E-state index contributed by atoms with van der Waals surface area (Å²) < 4.78 is 13.6. The van der Waals surface area contributed by atoms with Crippen molar-refractivity contribution >= 4 is 11.6 Å². The third kappa shape index (κ3) is 4.02. The first-order chi connectivity index (χ1) is 8.58. The zero-order valence-corrected chi connectivity index (χ0v) is 11.0. The topological polar surface area (TPSA) is 55.1 Å². The maximum Gasteiger partial charge on any atom is 0.254 e. The highest BCUT2D eigenvalue weighted by atomic mass is 19.1. The zero-order chi connectivity index (χ0) is 13.5. The molecule has 0 radical (unpaired) electrons. The summed E-state index contributed by atoms with van der Waals surface area (Å²) in [6.45, 7) is 4.12. The van der Waals surface area contributed by atoms with Crippen molar-refractivity contribution in [2.24, 2.45) is 0 Å². The van der Waals surface area contributed by atoms with Crippen LogP contribution in [0, 0.1) is 5.82 Å². The number of hydrogen-bond acceptors (Lipinski definition) is 2. The van der Waals surface area contributed by atoms with E-state index in [0.29, 0.717) is 5.69 Å². The first kappa shape index (κ1) is 14.5. The fourth-order valence-electron chi connectivity index (χ4n) is 1.81. The number of carbonyl (C=O) groups excluding carboxylic acids is 1. The third-order valence-corrected chi connectivity index (χ3v) is 2.97. The van der Waals surface area contributed by atoms with Crippen molar-refractivity contribution in [1.82, 2.24) is 5.32 Å². The first-order valence-corrected chi connectivity index (χ1v) is 6.44. The van der Waals surface area contributed by atoms with Crippen molar-refractivity contribution in [3.8, 4) is 0 Å². The number of nitrogens with one attached hydrogen (secondary N) is 1. The van der Waals surface area contributed by atoms with Gasteiger partial charge < -0.3 is 11.1 Å². The summed E-state index contributed by atoms with van der Waals surface area (Å²) in [5.74, 6) is -0.937. The molecule has 1 unspecified atom stereocenters. The summed E-state index contributed by atoms with van der Waals surface area (Å²) in [6.07, 6.45) is 3.92. The van der Waals surface area contributed by atoms with Crippen LogP contribution in [0.1, 0.15) is 49.9 Å². The lowest BCUT2D eigenvalue weighted by atomic mass is 10.1. The second-order valence-corrected chi connectivity index (χ2v) is 4.46. The molecule has 18 heavy (non-hydrogen) atoms. The van der Waals surface area contributed by atoms with Crippen LogP contribution in [0.3, 0.4) is 0 Å². The Kier molecular flexibility index (Phi) is 5.62. The maximum atomic E-state index is 13.6.